The van der Waals surface area contributed by atoms with Gasteiger partial charge in [0.15, 0.2) is 0 Å². The number of amides is 1. The zero-order valence-corrected chi connectivity index (χ0v) is 16.5. The standard InChI is InChI=1S/C16H26ClN3O3S/c1-12-9-13(2)16(14(17)10-12)18-15(21)11-20(24(5,22)23)8-6-7-19(3)4/h9-10H,6-8,11H2,1-5H3,(H,18,21). The van der Waals surface area contributed by atoms with Gasteiger partial charge in [0.05, 0.1) is 23.5 Å². The van der Waals surface area contributed by atoms with Crippen molar-refractivity contribution in [1.82, 2.24) is 9.21 Å². The van der Waals surface area contributed by atoms with Crippen molar-refractivity contribution in [1.29, 1.82) is 0 Å². The van der Waals surface area contributed by atoms with Gasteiger partial charge in [0.2, 0.25) is 15.9 Å². The van der Waals surface area contributed by atoms with E-state index in [1.165, 1.54) is 4.31 Å². The van der Waals surface area contributed by atoms with E-state index in [2.05, 4.69) is 5.32 Å². The van der Waals surface area contributed by atoms with Crippen LogP contribution in [0.3, 0.4) is 0 Å². The minimum atomic E-state index is -3.46. The molecular weight excluding hydrogens is 350 g/mol. The summed E-state index contributed by atoms with van der Waals surface area (Å²) in [6, 6.07) is 3.67. The molecule has 0 saturated heterocycles. The highest BCUT2D eigenvalue weighted by molar-refractivity contribution is 7.88. The van der Waals surface area contributed by atoms with E-state index in [-0.39, 0.29) is 6.54 Å². The number of aryl methyl sites for hydroxylation is 2. The molecule has 0 aliphatic carbocycles. The number of halogens is 1. The quantitative estimate of drug-likeness (QED) is 0.755. The molecule has 0 bridgehead atoms. The average Bonchev–Trinajstić information content (AvgIpc) is 2.40. The second-order valence-corrected chi connectivity index (χ2v) is 8.63. The van der Waals surface area contributed by atoms with Crippen molar-refractivity contribution in [2.45, 2.75) is 20.3 Å². The summed E-state index contributed by atoms with van der Waals surface area (Å²) in [5, 5.41) is 3.16. The maximum absolute atomic E-state index is 12.3. The van der Waals surface area contributed by atoms with Gasteiger partial charge in [-0.2, -0.15) is 4.31 Å². The average molecular weight is 376 g/mol. The summed E-state index contributed by atoms with van der Waals surface area (Å²) in [7, 11) is 0.376. The topological polar surface area (TPSA) is 69.7 Å². The number of anilines is 1. The molecule has 24 heavy (non-hydrogen) atoms. The Morgan fingerprint density at radius 2 is 1.83 bits per heavy atom. The summed E-state index contributed by atoms with van der Waals surface area (Å²) in [6.07, 6.45) is 1.76. The van der Waals surface area contributed by atoms with E-state index < -0.39 is 15.9 Å². The van der Waals surface area contributed by atoms with Crippen LogP contribution in [0, 0.1) is 13.8 Å². The number of rotatable bonds is 8. The number of hydrogen-bond acceptors (Lipinski definition) is 4. The summed E-state index contributed by atoms with van der Waals surface area (Å²) in [4.78, 5) is 14.2. The van der Waals surface area contributed by atoms with E-state index in [0.29, 0.717) is 23.7 Å². The summed E-state index contributed by atoms with van der Waals surface area (Å²) in [5.74, 6) is -0.404. The molecule has 1 N–H and O–H groups in total. The van der Waals surface area contributed by atoms with Crippen LogP contribution >= 0.6 is 11.6 Å². The van der Waals surface area contributed by atoms with Gasteiger partial charge < -0.3 is 10.2 Å². The molecule has 136 valence electrons. The van der Waals surface area contributed by atoms with Crippen LogP contribution in [0.4, 0.5) is 5.69 Å². The van der Waals surface area contributed by atoms with Crippen LogP contribution in [-0.2, 0) is 14.8 Å². The van der Waals surface area contributed by atoms with Crippen LogP contribution in [0.1, 0.15) is 17.5 Å². The van der Waals surface area contributed by atoms with Crippen molar-refractivity contribution in [3.63, 3.8) is 0 Å². The fourth-order valence-corrected chi connectivity index (χ4v) is 3.52. The van der Waals surface area contributed by atoms with Crippen LogP contribution in [-0.4, -0.2) is 63.5 Å². The first kappa shape index (κ1) is 20.9. The molecule has 0 saturated carbocycles. The Hall–Kier alpha value is -1.15. The van der Waals surface area contributed by atoms with E-state index >= 15 is 0 Å². The fraction of sp³-hybridized carbons (Fsp3) is 0.562. The van der Waals surface area contributed by atoms with E-state index in [1.54, 1.807) is 6.07 Å². The Labute approximate surface area is 149 Å². The Morgan fingerprint density at radius 1 is 1.21 bits per heavy atom. The zero-order chi connectivity index (χ0) is 18.5. The van der Waals surface area contributed by atoms with Gasteiger partial charge in [0, 0.05) is 6.54 Å². The van der Waals surface area contributed by atoms with Crippen molar-refractivity contribution >= 4 is 33.2 Å². The third kappa shape index (κ3) is 6.76. The van der Waals surface area contributed by atoms with Crippen molar-refractivity contribution in [3.8, 4) is 0 Å². The van der Waals surface area contributed by atoms with E-state index in [4.69, 9.17) is 11.6 Å². The molecule has 0 unspecified atom stereocenters. The molecule has 0 spiro atoms. The van der Waals surface area contributed by atoms with Crippen molar-refractivity contribution in [3.05, 3.63) is 28.3 Å². The van der Waals surface area contributed by atoms with Crippen LogP contribution in [0.25, 0.3) is 0 Å². The van der Waals surface area contributed by atoms with Crippen LogP contribution in [0.15, 0.2) is 12.1 Å². The van der Waals surface area contributed by atoms with Gasteiger partial charge >= 0.3 is 0 Å². The molecule has 8 heteroatoms. The molecule has 0 aromatic heterocycles. The minimum Gasteiger partial charge on any atom is -0.323 e. The van der Waals surface area contributed by atoms with E-state index in [9.17, 15) is 13.2 Å². The molecule has 1 rings (SSSR count). The first-order chi connectivity index (χ1) is 11.0. The summed E-state index contributed by atoms with van der Waals surface area (Å²) in [5.41, 5.74) is 2.36. The van der Waals surface area contributed by atoms with Crippen molar-refractivity contribution < 1.29 is 13.2 Å². The number of benzene rings is 1. The summed E-state index contributed by atoms with van der Waals surface area (Å²) < 4.78 is 24.9. The SMILES string of the molecule is Cc1cc(C)c(NC(=O)CN(CCCN(C)C)S(C)(=O)=O)c(Cl)c1. The van der Waals surface area contributed by atoms with Crippen LogP contribution < -0.4 is 5.32 Å². The van der Waals surface area contributed by atoms with Gasteiger partial charge in [-0.3, -0.25) is 4.79 Å². The van der Waals surface area contributed by atoms with Gasteiger partial charge in [-0.05, 0) is 58.1 Å². The van der Waals surface area contributed by atoms with Gasteiger partial charge in [0.1, 0.15) is 0 Å². The van der Waals surface area contributed by atoms with E-state index in [1.807, 2.05) is 38.9 Å². The fourth-order valence-electron chi connectivity index (χ4n) is 2.34. The lowest BCUT2D eigenvalue weighted by Gasteiger charge is -2.21. The molecule has 0 fully saturated rings. The lowest BCUT2D eigenvalue weighted by molar-refractivity contribution is -0.116. The molecule has 1 aromatic rings. The second kappa shape index (κ2) is 8.80. The van der Waals surface area contributed by atoms with E-state index in [0.717, 1.165) is 23.9 Å². The molecule has 0 atom stereocenters. The number of sulfonamides is 1. The number of carbonyl (C=O) groups is 1. The molecule has 0 heterocycles. The van der Waals surface area contributed by atoms with Gasteiger partial charge in [0.25, 0.3) is 0 Å². The number of hydrogen-bond donors (Lipinski definition) is 1. The predicted octanol–water partition coefficient (Wildman–Crippen LogP) is 2.11. The lowest BCUT2D eigenvalue weighted by atomic mass is 10.1. The van der Waals surface area contributed by atoms with Crippen LogP contribution in [0.2, 0.25) is 5.02 Å². The monoisotopic (exact) mass is 375 g/mol. The zero-order valence-electron chi connectivity index (χ0n) is 14.9. The first-order valence-corrected chi connectivity index (χ1v) is 9.89. The normalized spacial score (nSPS) is 12.0. The number of carbonyl (C=O) groups excluding carboxylic acids is 1. The second-order valence-electron chi connectivity index (χ2n) is 6.24. The highest BCUT2D eigenvalue weighted by atomic mass is 35.5. The third-order valence-electron chi connectivity index (χ3n) is 3.50. The molecule has 0 aliphatic heterocycles. The summed E-state index contributed by atoms with van der Waals surface area (Å²) >= 11 is 6.17. The molecular formula is C16H26ClN3O3S. The Balaban J connectivity index is 2.79. The van der Waals surface area contributed by atoms with Crippen LogP contribution in [0.5, 0.6) is 0 Å². The predicted molar refractivity (Wildman–Crippen MR) is 99.1 cm³/mol. The minimum absolute atomic E-state index is 0.226. The van der Waals surface area contributed by atoms with Gasteiger partial charge in [-0.15, -0.1) is 0 Å². The van der Waals surface area contributed by atoms with Gasteiger partial charge in [-0.1, -0.05) is 17.7 Å². The maximum atomic E-state index is 12.3. The lowest BCUT2D eigenvalue weighted by Crippen LogP contribution is -2.38. The smallest absolute Gasteiger partial charge is 0.239 e. The highest BCUT2D eigenvalue weighted by Crippen LogP contribution is 2.27. The number of nitrogens with zero attached hydrogens (tertiary/aromatic N) is 2. The van der Waals surface area contributed by atoms with Gasteiger partial charge in [-0.25, -0.2) is 8.42 Å². The molecule has 1 amide bonds. The Morgan fingerprint density at radius 3 is 2.33 bits per heavy atom. The maximum Gasteiger partial charge on any atom is 0.239 e. The molecule has 6 nitrogen and oxygen atoms in total. The Kier molecular flexibility index (Phi) is 7.66. The van der Waals surface area contributed by atoms with Crippen molar-refractivity contribution in [2.75, 3.05) is 45.3 Å². The molecule has 0 aliphatic rings. The summed E-state index contributed by atoms with van der Waals surface area (Å²) in [6.45, 7) is 4.58. The first-order valence-electron chi connectivity index (χ1n) is 7.67. The van der Waals surface area contributed by atoms with Crippen molar-refractivity contribution in [2.24, 2.45) is 0 Å². The third-order valence-corrected chi connectivity index (χ3v) is 5.05. The number of nitrogens with one attached hydrogen (secondary N) is 1. The molecule has 0 radical (unpaired) electrons. The highest BCUT2D eigenvalue weighted by Gasteiger charge is 2.20. The Bertz CT molecular complexity index is 667. The molecule has 1 aromatic carbocycles. The largest absolute Gasteiger partial charge is 0.323 e.